The molecule has 3 heteroatoms. The lowest BCUT2D eigenvalue weighted by Crippen LogP contribution is -2.25. The van der Waals surface area contributed by atoms with Gasteiger partial charge in [-0.05, 0) is 12.5 Å². The maximum absolute atomic E-state index is 4.27. The van der Waals surface area contributed by atoms with E-state index in [-0.39, 0.29) is 0 Å². The fourth-order valence-corrected chi connectivity index (χ4v) is 1.25. The molecule has 0 N–H and O–H groups in total. The van der Waals surface area contributed by atoms with Crippen LogP contribution >= 0.6 is 0 Å². The van der Waals surface area contributed by atoms with Crippen LogP contribution in [-0.4, -0.2) is 30.0 Å². The second kappa shape index (κ2) is 2.59. The molecule has 0 saturated heterocycles. The van der Waals surface area contributed by atoms with Crippen LogP contribution < -0.4 is 0 Å². The lowest BCUT2D eigenvalue weighted by Gasteiger charge is -2.17. The van der Waals surface area contributed by atoms with Gasteiger partial charge >= 0.3 is 0 Å². The third-order valence-electron chi connectivity index (χ3n) is 1.94. The van der Waals surface area contributed by atoms with E-state index in [1.54, 1.807) is 6.21 Å². The van der Waals surface area contributed by atoms with Gasteiger partial charge in [0.05, 0.1) is 18.5 Å². The molecule has 2 aliphatic rings. The van der Waals surface area contributed by atoms with Crippen LogP contribution in [0.4, 0.5) is 0 Å². The molecule has 0 unspecified atom stereocenters. The highest BCUT2D eigenvalue weighted by molar-refractivity contribution is 6.31. The third kappa shape index (κ3) is 1.07. The van der Waals surface area contributed by atoms with Crippen LogP contribution in [0, 0.1) is 0 Å². The predicted molar refractivity (Wildman–Crippen MR) is 50.4 cm³/mol. The van der Waals surface area contributed by atoms with Crippen molar-refractivity contribution in [1.82, 2.24) is 4.90 Å². The van der Waals surface area contributed by atoms with Crippen molar-refractivity contribution >= 4 is 12.1 Å². The first-order valence-corrected chi connectivity index (χ1v) is 4.00. The van der Waals surface area contributed by atoms with Gasteiger partial charge in [0.25, 0.3) is 0 Å². The molecule has 0 aromatic rings. The molecule has 62 valence electrons. The van der Waals surface area contributed by atoms with E-state index < -0.39 is 0 Å². The Kier molecular flexibility index (Phi) is 1.57. The topological polar surface area (TPSA) is 28.0 Å². The van der Waals surface area contributed by atoms with Crippen molar-refractivity contribution in [2.45, 2.75) is 6.92 Å². The van der Waals surface area contributed by atoms with Gasteiger partial charge in [0, 0.05) is 12.7 Å². The number of fused-ring (bicyclic) bond motifs is 1. The minimum absolute atomic E-state index is 0.876. The summed E-state index contributed by atoms with van der Waals surface area (Å²) in [4.78, 5) is 10.6. The summed E-state index contributed by atoms with van der Waals surface area (Å²) < 4.78 is 0. The zero-order valence-corrected chi connectivity index (χ0v) is 7.12. The predicted octanol–water partition coefficient (Wildman–Crippen LogP) is 1.20. The lowest BCUT2D eigenvalue weighted by atomic mass is 10.2. The molecule has 2 heterocycles. The molecule has 0 aromatic heterocycles. The summed E-state index contributed by atoms with van der Waals surface area (Å²) >= 11 is 0. The number of rotatable bonds is 1. The molecule has 0 fully saturated rings. The van der Waals surface area contributed by atoms with Crippen molar-refractivity contribution in [3.63, 3.8) is 0 Å². The maximum atomic E-state index is 4.27. The number of allylic oxidation sites excluding steroid dienone is 1. The summed E-state index contributed by atoms with van der Waals surface area (Å²) in [5.74, 6) is 0.972. The molecule has 0 bridgehead atoms. The van der Waals surface area contributed by atoms with E-state index >= 15 is 0 Å². The molecule has 0 aliphatic carbocycles. The molecule has 2 rings (SSSR count). The zero-order chi connectivity index (χ0) is 8.55. The summed E-state index contributed by atoms with van der Waals surface area (Å²) in [5.41, 5.74) is 1.95. The number of amidine groups is 1. The van der Waals surface area contributed by atoms with Crippen LogP contribution in [0.5, 0.6) is 0 Å². The first-order chi connectivity index (χ1) is 5.77. The second-order valence-electron chi connectivity index (χ2n) is 2.99. The SMILES string of the molecule is C=C(C)C1=CN2CCN=C2C=N1. The lowest BCUT2D eigenvalue weighted by molar-refractivity contribution is 0.608. The summed E-state index contributed by atoms with van der Waals surface area (Å²) in [6.45, 7) is 7.65. The number of aliphatic imine (C=N–C) groups is 2. The average molecular weight is 161 g/mol. The van der Waals surface area contributed by atoms with Crippen molar-refractivity contribution in [2.24, 2.45) is 9.98 Å². The van der Waals surface area contributed by atoms with Gasteiger partial charge in [-0.2, -0.15) is 0 Å². The van der Waals surface area contributed by atoms with Gasteiger partial charge < -0.3 is 4.90 Å². The van der Waals surface area contributed by atoms with E-state index in [0.717, 1.165) is 30.2 Å². The maximum Gasteiger partial charge on any atom is 0.146 e. The molecule has 2 aliphatic heterocycles. The quantitative estimate of drug-likeness (QED) is 0.568. The van der Waals surface area contributed by atoms with Gasteiger partial charge in [0.15, 0.2) is 0 Å². The van der Waals surface area contributed by atoms with Crippen molar-refractivity contribution in [2.75, 3.05) is 13.1 Å². The third-order valence-corrected chi connectivity index (χ3v) is 1.94. The standard InChI is InChI=1S/C9H11N3/c1-7(2)8-6-12-4-3-10-9(12)5-11-8/h5-6H,1,3-4H2,2H3. The summed E-state index contributed by atoms with van der Waals surface area (Å²) in [6, 6.07) is 0. The molecule has 0 amide bonds. The molecule has 0 spiro atoms. The van der Waals surface area contributed by atoms with E-state index in [4.69, 9.17) is 0 Å². The molecule has 0 aromatic carbocycles. The first-order valence-electron chi connectivity index (χ1n) is 4.00. The minimum Gasteiger partial charge on any atom is -0.328 e. The van der Waals surface area contributed by atoms with Crippen LogP contribution in [0.15, 0.2) is 34.0 Å². The van der Waals surface area contributed by atoms with Crippen LogP contribution in [0.2, 0.25) is 0 Å². The average Bonchev–Trinajstić information content (AvgIpc) is 2.49. The van der Waals surface area contributed by atoms with E-state index in [0.29, 0.717) is 0 Å². The fourth-order valence-electron chi connectivity index (χ4n) is 1.25. The molecule has 3 nitrogen and oxygen atoms in total. The fraction of sp³-hybridized carbons (Fsp3) is 0.333. The van der Waals surface area contributed by atoms with Gasteiger partial charge in [-0.3, -0.25) is 9.98 Å². The van der Waals surface area contributed by atoms with Gasteiger partial charge in [0.1, 0.15) is 5.84 Å². The molecule has 12 heavy (non-hydrogen) atoms. The Morgan fingerprint density at radius 3 is 3.25 bits per heavy atom. The molecule has 0 atom stereocenters. The summed E-state index contributed by atoms with van der Waals surface area (Å²) in [5, 5.41) is 0. The van der Waals surface area contributed by atoms with Gasteiger partial charge in [-0.15, -0.1) is 0 Å². The van der Waals surface area contributed by atoms with E-state index in [1.807, 2.05) is 13.1 Å². The van der Waals surface area contributed by atoms with Crippen molar-refractivity contribution in [3.05, 3.63) is 24.0 Å². The molecule has 0 saturated carbocycles. The minimum atomic E-state index is 0.876. The second-order valence-corrected chi connectivity index (χ2v) is 2.99. The molecule has 0 radical (unpaired) electrons. The first kappa shape index (κ1) is 7.28. The van der Waals surface area contributed by atoms with Gasteiger partial charge in [-0.1, -0.05) is 6.58 Å². The van der Waals surface area contributed by atoms with Crippen molar-refractivity contribution < 1.29 is 0 Å². The molecular weight excluding hydrogens is 150 g/mol. The Labute approximate surface area is 71.8 Å². The number of hydrogen-bond acceptors (Lipinski definition) is 3. The highest BCUT2D eigenvalue weighted by Gasteiger charge is 2.16. The highest BCUT2D eigenvalue weighted by atomic mass is 15.2. The number of hydrogen-bond donors (Lipinski definition) is 0. The molecular formula is C9H11N3. The summed E-state index contributed by atoms with van der Waals surface area (Å²) in [7, 11) is 0. The Hall–Kier alpha value is -1.38. The van der Waals surface area contributed by atoms with Gasteiger partial charge in [0.2, 0.25) is 0 Å². The number of nitrogens with zero attached hydrogens (tertiary/aromatic N) is 3. The zero-order valence-electron chi connectivity index (χ0n) is 7.12. The normalized spacial score (nSPS) is 20.2. The Morgan fingerprint density at radius 1 is 1.67 bits per heavy atom. The largest absolute Gasteiger partial charge is 0.328 e. The highest BCUT2D eigenvalue weighted by Crippen LogP contribution is 2.15. The Morgan fingerprint density at radius 2 is 2.50 bits per heavy atom. The smallest absolute Gasteiger partial charge is 0.146 e. The van der Waals surface area contributed by atoms with Crippen molar-refractivity contribution in [1.29, 1.82) is 0 Å². The Bertz CT molecular complexity index is 310. The Balaban J connectivity index is 2.28. The van der Waals surface area contributed by atoms with Crippen molar-refractivity contribution in [3.8, 4) is 0 Å². The van der Waals surface area contributed by atoms with E-state index in [9.17, 15) is 0 Å². The van der Waals surface area contributed by atoms with E-state index in [2.05, 4.69) is 21.5 Å². The van der Waals surface area contributed by atoms with Crippen LogP contribution in [0.1, 0.15) is 6.92 Å². The van der Waals surface area contributed by atoms with E-state index in [1.165, 1.54) is 0 Å². The monoisotopic (exact) mass is 161 g/mol. The summed E-state index contributed by atoms with van der Waals surface area (Å²) in [6.07, 6.45) is 3.81. The van der Waals surface area contributed by atoms with Crippen LogP contribution in [-0.2, 0) is 0 Å². The van der Waals surface area contributed by atoms with Gasteiger partial charge in [-0.25, -0.2) is 0 Å². The van der Waals surface area contributed by atoms with Crippen LogP contribution in [0.25, 0.3) is 0 Å². The van der Waals surface area contributed by atoms with Crippen LogP contribution in [0.3, 0.4) is 0 Å².